The maximum absolute atomic E-state index is 14.2. The maximum Gasteiger partial charge on any atom is 0.164 e. The molecule has 0 saturated heterocycles. The molecule has 20 heavy (non-hydrogen) atoms. The van der Waals surface area contributed by atoms with Crippen molar-refractivity contribution in [2.24, 2.45) is 0 Å². The molecule has 0 radical (unpaired) electrons. The number of hydrogen-bond acceptors (Lipinski definition) is 1. The molecule has 0 aliphatic heterocycles. The summed E-state index contributed by atoms with van der Waals surface area (Å²) in [6.45, 7) is 3.42. The lowest BCUT2D eigenvalue weighted by Crippen LogP contribution is -2.20. The van der Waals surface area contributed by atoms with Crippen LogP contribution < -0.4 is 5.32 Å². The van der Waals surface area contributed by atoms with Crippen LogP contribution in [0.4, 0.5) is 8.78 Å². The van der Waals surface area contributed by atoms with Crippen molar-refractivity contribution in [3.63, 3.8) is 0 Å². The van der Waals surface area contributed by atoms with Crippen molar-refractivity contribution in [2.45, 2.75) is 19.9 Å². The van der Waals surface area contributed by atoms with E-state index in [4.69, 9.17) is 11.6 Å². The Hall–Kier alpha value is -1.45. The molecule has 1 N–H and O–H groups in total. The minimum absolute atomic E-state index is 0.253. The Kier molecular flexibility index (Phi) is 4.41. The van der Waals surface area contributed by atoms with Gasteiger partial charge >= 0.3 is 0 Å². The second-order valence-corrected chi connectivity index (χ2v) is 5.18. The Labute approximate surface area is 122 Å². The summed E-state index contributed by atoms with van der Waals surface area (Å²) >= 11 is 6.28. The third kappa shape index (κ3) is 2.56. The van der Waals surface area contributed by atoms with Gasteiger partial charge in [0.15, 0.2) is 11.6 Å². The van der Waals surface area contributed by atoms with E-state index in [0.29, 0.717) is 5.02 Å². The van der Waals surface area contributed by atoms with Crippen LogP contribution in [0.25, 0.3) is 0 Å². The monoisotopic (exact) mass is 295 g/mol. The first-order chi connectivity index (χ1) is 9.47. The molecular weight excluding hydrogens is 280 g/mol. The van der Waals surface area contributed by atoms with Gasteiger partial charge in [-0.3, -0.25) is 0 Å². The molecule has 1 nitrogen and oxygen atoms in total. The maximum atomic E-state index is 14.2. The van der Waals surface area contributed by atoms with Crippen molar-refractivity contribution in [3.05, 3.63) is 69.2 Å². The standard InChI is InChI=1S/C16H16ClF2N/c1-9-5-4-6-11(13(9)17)16(20-3)12-8-7-10(2)14(18)15(12)19/h4-8,16,20H,1-3H3. The lowest BCUT2D eigenvalue weighted by atomic mass is 9.96. The van der Waals surface area contributed by atoms with Crippen LogP contribution in [0.15, 0.2) is 30.3 Å². The first-order valence-corrected chi connectivity index (χ1v) is 6.72. The van der Waals surface area contributed by atoms with Crippen LogP contribution in [0.5, 0.6) is 0 Å². The molecule has 0 saturated carbocycles. The fraction of sp³-hybridized carbons (Fsp3) is 0.250. The van der Waals surface area contributed by atoms with Gasteiger partial charge < -0.3 is 5.32 Å². The summed E-state index contributed by atoms with van der Waals surface area (Å²) in [5.41, 5.74) is 2.17. The Morgan fingerprint density at radius 3 is 2.30 bits per heavy atom. The quantitative estimate of drug-likeness (QED) is 0.876. The second-order valence-electron chi connectivity index (χ2n) is 4.80. The zero-order valence-electron chi connectivity index (χ0n) is 11.6. The molecule has 0 spiro atoms. The van der Waals surface area contributed by atoms with Crippen LogP contribution in [-0.4, -0.2) is 7.05 Å². The van der Waals surface area contributed by atoms with Gasteiger partial charge in [0.05, 0.1) is 6.04 Å². The number of benzene rings is 2. The minimum atomic E-state index is -0.832. The number of aryl methyl sites for hydroxylation is 2. The topological polar surface area (TPSA) is 12.0 Å². The van der Waals surface area contributed by atoms with E-state index in [2.05, 4.69) is 5.32 Å². The predicted molar refractivity (Wildman–Crippen MR) is 78.2 cm³/mol. The molecule has 0 aliphatic carbocycles. The molecule has 2 aromatic carbocycles. The smallest absolute Gasteiger partial charge is 0.164 e. The van der Waals surface area contributed by atoms with E-state index in [1.165, 1.54) is 6.92 Å². The Balaban J connectivity index is 2.59. The minimum Gasteiger partial charge on any atom is -0.309 e. The van der Waals surface area contributed by atoms with E-state index in [1.807, 2.05) is 25.1 Å². The number of hydrogen-bond donors (Lipinski definition) is 1. The molecule has 0 fully saturated rings. The summed E-state index contributed by atoms with van der Waals surface area (Å²) in [6.07, 6.45) is 0. The van der Waals surface area contributed by atoms with Gasteiger partial charge in [-0.1, -0.05) is 41.9 Å². The molecule has 0 aliphatic rings. The first-order valence-electron chi connectivity index (χ1n) is 6.34. The van der Waals surface area contributed by atoms with Crippen molar-refractivity contribution in [1.82, 2.24) is 5.32 Å². The molecule has 106 valence electrons. The SMILES string of the molecule is CNC(c1ccc(C)c(F)c1F)c1cccc(C)c1Cl. The van der Waals surface area contributed by atoms with Crippen LogP contribution in [0.1, 0.15) is 28.3 Å². The fourth-order valence-corrected chi connectivity index (χ4v) is 2.49. The molecule has 0 amide bonds. The van der Waals surface area contributed by atoms with E-state index >= 15 is 0 Å². The van der Waals surface area contributed by atoms with Crippen LogP contribution in [0.2, 0.25) is 5.02 Å². The molecular formula is C16H16ClF2N. The lowest BCUT2D eigenvalue weighted by molar-refractivity contribution is 0.482. The molecule has 1 unspecified atom stereocenters. The van der Waals surface area contributed by atoms with Gasteiger partial charge in [0.2, 0.25) is 0 Å². The normalized spacial score (nSPS) is 12.5. The van der Waals surface area contributed by atoms with Gasteiger partial charge in [0.25, 0.3) is 0 Å². The van der Waals surface area contributed by atoms with Crippen molar-refractivity contribution in [2.75, 3.05) is 7.05 Å². The highest BCUT2D eigenvalue weighted by atomic mass is 35.5. The van der Waals surface area contributed by atoms with E-state index in [9.17, 15) is 8.78 Å². The first kappa shape index (κ1) is 14.9. The highest BCUT2D eigenvalue weighted by Crippen LogP contribution is 2.32. The summed E-state index contributed by atoms with van der Waals surface area (Å²) in [6, 6.07) is 8.22. The van der Waals surface area contributed by atoms with Crippen LogP contribution in [-0.2, 0) is 0 Å². The van der Waals surface area contributed by atoms with Crippen LogP contribution in [0, 0.1) is 25.5 Å². The zero-order chi connectivity index (χ0) is 14.9. The molecule has 0 bridgehead atoms. The van der Waals surface area contributed by atoms with E-state index < -0.39 is 17.7 Å². The highest BCUT2D eigenvalue weighted by Gasteiger charge is 2.22. The number of halogens is 3. The summed E-state index contributed by atoms with van der Waals surface area (Å²) < 4.78 is 27.9. The van der Waals surface area contributed by atoms with E-state index in [0.717, 1.165) is 11.1 Å². The summed E-state index contributed by atoms with van der Waals surface area (Å²) in [5, 5.41) is 3.56. The van der Waals surface area contributed by atoms with Gasteiger partial charge in [0.1, 0.15) is 0 Å². The fourth-order valence-electron chi connectivity index (χ4n) is 2.26. The van der Waals surface area contributed by atoms with Gasteiger partial charge in [-0.25, -0.2) is 8.78 Å². The average Bonchev–Trinajstić information content (AvgIpc) is 2.44. The highest BCUT2D eigenvalue weighted by molar-refractivity contribution is 6.32. The molecule has 4 heteroatoms. The van der Waals surface area contributed by atoms with Crippen molar-refractivity contribution in [1.29, 1.82) is 0 Å². The van der Waals surface area contributed by atoms with Crippen LogP contribution >= 0.6 is 11.6 Å². The van der Waals surface area contributed by atoms with E-state index in [-0.39, 0.29) is 11.1 Å². The van der Waals surface area contributed by atoms with Crippen molar-refractivity contribution < 1.29 is 8.78 Å². The van der Waals surface area contributed by atoms with Gasteiger partial charge in [-0.05, 0) is 37.6 Å². The zero-order valence-corrected chi connectivity index (χ0v) is 12.4. The van der Waals surface area contributed by atoms with Gasteiger partial charge in [-0.2, -0.15) is 0 Å². The van der Waals surface area contributed by atoms with Crippen molar-refractivity contribution >= 4 is 11.6 Å². The van der Waals surface area contributed by atoms with Gasteiger partial charge in [0, 0.05) is 10.6 Å². The number of rotatable bonds is 3. The third-order valence-corrected chi connectivity index (χ3v) is 3.95. The predicted octanol–water partition coefficient (Wildman–Crippen LogP) is 4.54. The summed E-state index contributed by atoms with van der Waals surface area (Å²) in [4.78, 5) is 0. The Bertz CT molecular complexity index is 641. The molecule has 0 aromatic heterocycles. The summed E-state index contributed by atoms with van der Waals surface area (Å²) in [7, 11) is 1.69. The van der Waals surface area contributed by atoms with Gasteiger partial charge in [-0.15, -0.1) is 0 Å². The average molecular weight is 296 g/mol. The molecule has 0 heterocycles. The molecule has 2 rings (SSSR count). The molecule has 1 atom stereocenters. The second kappa shape index (κ2) is 5.90. The van der Waals surface area contributed by atoms with E-state index in [1.54, 1.807) is 19.2 Å². The largest absolute Gasteiger partial charge is 0.309 e. The Morgan fingerprint density at radius 1 is 0.950 bits per heavy atom. The lowest BCUT2D eigenvalue weighted by Gasteiger charge is -2.20. The number of nitrogens with one attached hydrogen (secondary N) is 1. The summed E-state index contributed by atoms with van der Waals surface area (Å²) in [5.74, 6) is -1.64. The Morgan fingerprint density at radius 2 is 1.65 bits per heavy atom. The third-order valence-electron chi connectivity index (χ3n) is 3.44. The molecule has 2 aromatic rings. The van der Waals surface area contributed by atoms with Crippen molar-refractivity contribution in [3.8, 4) is 0 Å². The van der Waals surface area contributed by atoms with Crippen LogP contribution in [0.3, 0.4) is 0 Å².